The fourth-order valence-electron chi connectivity index (χ4n) is 2.32. The van der Waals surface area contributed by atoms with Crippen molar-refractivity contribution in [3.8, 4) is 0 Å². The third-order valence-electron chi connectivity index (χ3n) is 3.59. The molecule has 22 heavy (non-hydrogen) atoms. The van der Waals surface area contributed by atoms with E-state index >= 15 is 0 Å². The monoisotopic (exact) mass is 304 g/mol. The molecule has 0 spiro atoms. The molecule has 2 amide bonds. The van der Waals surface area contributed by atoms with Crippen molar-refractivity contribution in [2.45, 2.75) is 52.9 Å². The average Bonchev–Trinajstić information content (AvgIpc) is 2.49. The Bertz CT molecular complexity index is 486. The van der Waals surface area contributed by atoms with E-state index in [4.69, 9.17) is 0 Å². The predicted molar refractivity (Wildman–Crippen MR) is 90.8 cm³/mol. The first-order valence-corrected chi connectivity index (χ1v) is 8.21. The van der Waals surface area contributed by atoms with Crippen molar-refractivity contribution >= 4 is 17.5 Å². The first-order valence-electron chi connectivity index (χ1n) is 8.21. The Labute approximate surface area is 133 Å². The first kappa shape index (κ1) is 18.2. The van der Waals surface area contributed by atoms with E-state index in [0.29, 0.717) is 13.0 Å². The van der Waals surface area contributed by atoms with Crippen LogP contribution in [0.15, 0.2) is 24.3 Å². The highest BCUT2D eigenvalue weighted by Crippen LogP contribution is 2.13. The minimum absolute atomic E-state index is 0.0789. The van der Waals surface area contributed by atoms with Crippen molar-refractivity contribution < 1.29 is 9.59 Å². The minimum Gasteiger partial charge on any atom is -0.333 e. The molecule has 1 aromatic rings. The summed E-state index contributed by atoms with van der Waals surface area (Å²) < 4.78 is 0. The van der Waals surface area contributed by atoms with Crippen molar-refractivity contribution in [3.63, 3.8) is 0 Å². The van der Waals surface area contributed by atoms with Crippen LogP contribution in [0, 0.1) is 6.92 Å². The molecule has 0 fully saturated rings. The number of anilines is 1. The standard InChI is InChI=1S/C18H28N2O2/c1-4-6-7-12-18(22)20(13-5-2)14-17(21)19-16-11-9-8-10-15(16)3/h8-11H,4-7,12-14H2,1-3H3,(H,19,21). The molecule has 0 radical (unpaired) electrons. The third kappa shape index (κ3) is 6.29. The Hall–Kier alpha value is -1.84. The van der Waals surface area contributed by atoms with E-state index in [1.54, 1.807) is 4.90 Å². The Morgan fingerprint density at radius 1 is 1.09 bits per heavy atom. The van der Waals surface area contributed by atoms with Gasteiger partial charge < -0.3 is 10.2 Å². The smallest absolute Gasteiger partial charge is 0.244 e. The topological polar surface area (TPSA) is 49.4 Å². The van der Waals surface area contributed by atoms with Gasteiger partial charge in [0.25, 0.3) is 0 Å². The summed E-state index contributed by atoms with van der Waals surface area (Å²) in [7, 11) is 0. The second kappa shape index (κ2) is 9.98. The highest BCUT2D eigenvalue weighted by atomic mass is 16.2. The molecule has 1 N–H and O–H groups in total. The van der Waals surface area contributed by atoms with E-state index in [-0.39, 0.29) is 18.4 Å². The van der Waals surface area contributed by atoms with Gasteiger partial charge in [0, 0.05) is 18.7 Å². The van der Waals surface area contributed by atoms with Crippen molar-refractivity contribution in [1.82, 2.24) is 4.90 Å². The van der Waals surface area contributed by atoms with Gasteiger partial charge in [-0.15, -0.1) is 0 Å². The molecular weight excluding hydrogens is 276 g/mol. The maximum atomic E-state index is 12.2. The zero-order valence-corrected chi connectivity index (χ0v) is 14.0. The Morgan fingerprint density at radius 2 is 1.82 bits per heavy atom. The number of nitrogens with one attached hydrogen (secondary N) is 1. The average molecular weight is 304 g/mol. The predicted octanol–water partition coefficient (Wildman–Crippen LogP) is 3.75. The summed E-state index contributed by atoms with van der Waals surface area (Å²) in [5.74, 6) is -0.0539. The lowest BCUT2D eigenvalue weighted by Crippen LogP contribution is -2.38. The quantitative estimate of drug-likeness (QED) is 0.706. The number of aryl methyl sites for hydroxylation is 1. The number of rotatable bonds is 9. The number of nitrogens with zero attached hydrogens (tertiary/aromatic N) is 1. The molecule has 4 heteroatoms. The molecule has 122 valence electrons. The zero-order valence-electron chi connectivity index (χ0n) is 14.0. The molecule has 0 aliphatic carbocycles. The van der Waals surface area contributed by atoms with Gasteiger partial charge in [0.1, 0.15) is 0 Å². The Morgan fingerprint density at radius 3 is 2.45 bits per heavy atom. The third-order valence-corrected chi connectivity index (χ3v) is 3.59. The Balaban J connectivity index is 2.56. The number of unbranched alkanes of at least 4 members (excludes halogenated alkanes) is 2. The lowest BCUT2D eigenvalue weighted by Gasteiger charge is -2.22. The van der Waals surface area contributed by atoms with Crippen molar-refractivity contribution in [1.29, 1.82) is 0 Å². The fourth-order valence-corrected chi connectivity index (χ4v) is 2.32. The van der Waals surface area contributed by atoms with Crippen LogP contribution in [0.4, 0.5) is 5.69 Å². The first-order chi connectivity index (χ1) is 10.6. The number of carbonyl (C=O) groups is 2. The molecule has 0 saturated carbocycles. The zero-order chi connectivity index (χ0) is 16.4. The van der Waals surface area contributed by atoms with Crippen LogP contribution in [0.25, 0.3) is 0 Å². The summed E-state index contributed by atoms with van der Waals surface area (Å²) in [4.78, 5) is 26.1. The van der Waals surface area contributed by atoms with Crippen LogP contribution in [0.3, 0.4) is 0 Å². The molecule has 0 aliphatic rings. The van der Waals surface area contributed by atoms with Gasteiger partial charge in [-0.1, -0.05) is 44.9 Å². The number of benzene rings is 1. The van der Waals surface area contributed by atoms with E-state index in [9.17, 15) is 9.59 Å². The van der Waals surface area contributed by atoms with Gasteiger partial charge in [0.05, 0.1) is 6.54 Å². The molecule has 0 aliphatic heterocycles. The van der Waals surface area contributed by atoms with E-state index < -0.39 is 0 Å². The summed E-state index contributed by atoms with van der Waals surface area (Å²) in [5.41, 5.74) is 1.83. The van der Waals surface area contributed by atoms with Gasteiger partial charge in [-0.25, -0.2) is 0 Å². The highest BCUT2D eigenvalue weighted by molar-refractivity contribution is 5.95. The summed E-state index contributed by atoms with van der Waals surface area (Å²) in [6, 6.07) is 7.66. The van der Waals surface area contributed by atoms with Crippen LogP contribution >= 0.6 is 0 Å². The van der Waals surface area contributed by atoms with E-state index in [1.807, 2.05) is 38.1 Å². The molecule has 0 heterocycles. The van der Waals surface area contributed by atoms with Crippen LogP contribution in [0.1, 0.15) is 51.5 Å². The molecule has 0 bridgehead atoms. The van der Waals surface area contributed by atoms with Crippen molar-refractivity contribution in [3.05, 3.63) is 29.8 Å². The molecule has 1 rings (SSSR count). The SMILES string of the molecule is CCCCCC(=O)N(CCC)CC(=O)Nc1ccccc1C. The van der Waals surface area contributed by atoms with Gasteiger partial charge in [-0.3, -0.25) is 9.59 Å². The van der Waals surface area contributed by atoms with Gasteiger partial charge in [-0.05, 0) is 31.4 Å². The number of carbonyl (C=O) groups excluding carboxylic acids is 2. The largest absolute Gasteiger partial charge is 0.333 e. The summed E-state index contributed by atoms with van der Waals surface area (Å²) in [5, 5.41) is 2.89. The van der Waals surface area contributed by atoms with Crippen molar-refractivity contribution in [2.75, 3.05) is 18.4 Å². The molecule has 0 atom stereocenters. The van der Waals surface area contributed by atoms with Crippen molar-refractivity contribution in [2.24, 2.45) is 0 Å². The summed E-state index contributed by atoms with van der Waals surface area (Å²) >= 11 is 0. The van der Waals surface area contributed by atoms with Gasteiger partial charge in [0.2, 0.25) is 11.8 Å². The van der Waals surface area contributed by atoms with Crippen LogP contribution in [-0.2, 0) is 9.59 Å². The van der Waals surface area contributed by atoms with E-state index in [2.05, 4.69) is 12.2 Å². The molecule has 1 aromatic carbocycles. The second-order valence-electron chi connectivity index (χ2n) is 5.64. The normalized spacial score (nSPS) is 10.3. The summed E-state index contributed by atoms with van der Waals surface area (Å²) in [6.07, 6.45) is 4.44. The van der Waals surface area contributed by atoms with Crippen LogP contribution in [0.2, 0.25) is 0 Å². The van der Waals surface area contributed by atoms with E-state index in [0.717, 1.165) is 36.9 Å². The number of hydrogen-bond acceptors (Lipinski definition) is 2. The number of amides is 2. The molecule has 0 saturated heterocycles. The van der Waals surface area contributed by atoms with Gasteiger partial charge >= 0.3 is 0 Å². The molecule has 0 aromatic heterocycles. The molecule has 4 nitrogen and oxygen atoms in total. The maximum Gasteiger partial charge on any atom is 0.244 e. The molecular formula is C18H28N2O2. The van der Waals surface area contributed by atoms with Crippen LogP contribution in [-0.4, -0.2) is 29.8 Å². The summed E-state index contributed by atoms with van der Waals surface area (Å²) in [6.45, 7) is 6.85. The van der Waals surface area contributed by atoms with Crippen LogP contribution < -0.4 is 5.32 Å². The van der Waals surface area contributed by atoms with Gasteiger partial charge in [0.15, 0.2) is 0 Å². The maximum absolute atomic E-state index is 12.2. The number of para-hydroxylation sites is 1. The highest BCUT2D eigenvalue weighted by Gasteiger charge is 2.16. The Kier molecular flexibility index (Phi) is 8.26. The fraction of sp³-hybridized carbons (Fsp3) is 0.556. The van der Waals surface area contributed by atoms with E-state index in [1.165, 1.54) is 0 Å². The minimum atomic E-state index is -0.133. The lowest BCUT2D eigenvalue weighted by atomic mass is 10.2. The number of hydrogen-bond donors (Lipinski definition) is 1. The second-order valence-corrected chi connectivity index (χ2v) is 5.64. The van der Waals surface area contributed by atoms with Gasteiger partial charge in [-0.2, -0.15) is 0 Å². The lowest BCUT2D eigenvalue weighted by molar-refractivity contribution is -0.134. The molecule has 0 unspecified atom stereocenters. The van der Waals surface area contributed by atoms with Crippen LogP contribution in [0.5, 0.6) is 0 Å².